The molecular weight excluding hydrogens is 440 g/mol. The lowest BCUT2D eigenvalue weighted by Gasteiger charge is -2.27. The number of halogens is 1. The molecule has 4 rings (SSSR count). The maximum absolute atomic E-state index is 13.1. The summed E-state index contributed by atoms with van der Waals surface area (Å²) in [5, 5.41) is 2.60. The van der Waals surface area contributed by atoms with Gasteiger partial charge in [-0.15, -0.1) is 0 Å². The maximum Gasteiger partial charge on any atom is 0.335 e. The van der Waals surface area contributed by atoms with Gasteiger partial charge in [-0.3, -0.25) is 14.9 Å². The summed E-state index contributed by atoms with van der Waals surface area (Å²) in [6, 6.07) is 19.1. The van der Waals surface area contributed by atoms with E-state index in [0.29, 0.717) is 34.2 Å². The lowest BCUT2D eigenvalue weighted by atomic mass is 10.1. The van der Waals surface area contributed by atoms with Crippen LogP contribution in [-0.4, -0.2) is 17.8 Å². The molecule has 1 aliphatic heterocycles. The van der Waals surface area contributed by atoms with E-state index in [1.807, 2.05) is 31.2 Å². The molecule has 3 aromatic carbocycles. The number of carbonyl (C=O) groups is 3. The van der Waals surface area contributed by atoms with Gasteiger partial charge in [0.2, 0.25) is 0 Å². The van der Waals surface area contributed by atoms with E-state index in [2.05, 4.69) is 5.32 Å². The van der Waals surface area contributed by atoms with Crippen molar-refractivity contribution in [1.29, 1.82) is 0 Å². The average molecular weight is 461 g/mol. The van der Waals surface area contributed by atoms with E-state index in [9.17, 15) is 14.4 Å². The number of carbonyl (C=O) groups excluding carboxylic acids is 3. The van der Waals surface area contributed by atoms with Crippen molar-refractivity contribution in [2.45, 2.75) is 20.5 Å². The van der Waals surface area contributed by atoms with Crippen LogP contribution in [-0.2, 0) is 16.2 Å². The zero-order valence-electron chi connectivity index (χ0n) is 18.1. The highest BCUT2D eigenvalue weighted by atomic mass is 35.5. The second-order valence-corrected chi connectivity index (χ2v) is 8.17. The maximum atomic E-state index is 13.1. The molecule has 3 aromatic rings. The Balaban J connectivity index is 1.54. The van der Waals surface area contributed by atoms with Crippen molar-refractivity contribution in [1.82, 2.24) is 5.32 Å². The van der Waals surface area contributed by atoms with Gasteiger partial charge < -0.3 is 4.74 Å². The molecule has 0 atom stereocenters. The number of imide groups is 2. The predicted molar refractivity (Wildman–Crippen MR) is 127 cm³/mol. The molecule has 33 heavy (non-hydrogen) atoms. The van der Waals surface area contributed by atoms with Crippen LogP contribution in [0.1, 0.15) is 22.3 Å². The number of benzene rings is 3. The minimum absolute atomic E-state index is 0.151. The molecule has 7 heteroatoms. The third-order valence-electron chi connectivity index (χ3n) is 5.23. The van der Waals surface area contributed by atoms with Crippen LogP contribution in [0.25, 0.3) is 6.08 Å². The van der Waals surface area contributed by atoms with Crippen molar-refractivity contribution in [3.8, 4) is 5.75 Å². The first kappa shape index (κ1) is 22.3. The summed E-state index contributed by atoms with van der Waals surface area (Å²) in [5.74, 6) is -0.807. The fourth-order valence-corrected chi connectivity index (χ4v) is 3.54. The van der Waals surface area contributed by atoms with Crippen molar-refractivity contribution >= 4 is 41.2 Å². The Morgan fingerprint density at radius 1 is 0.939 bits per heavy atom. The predicted octanol–water partition coefficient (Wildman–Crippen LogP) is 5.20. The Hall–Kier alpha value is -3.90. The van der Waals surface area contributed by atoms with E-state index in [0.717, 1.165) is 10.5 Å². The molecule has 0 spiro atoms. The van der Waals surface area contributed by atoms with Crippen molar-refractivity contribution < 1.29 is 19.1 Å². The van der Waals surface area contributed by atoms with Gasteiger partial charge in [-0.25, -0.2) is 9.69 Å². The van der Waals surface area contributed by atoms with Crippen LogP contribution >= 0.6 is 11.6 Å². The summed E-state index contributed by atoms with van der Waals surface area (Å²) in [7, 11) is 0. The number of hydrogen-bond donors (Lipinski definition) is 1. The van der Waals surface area contributed by atoms with Crippen LogP contribution in [0.3, 0.4) is 0 Å². The number of amides is 4. The molecule has 0 aromatic heterocycles. The summed E-state index contributed by atoms with van der Waals surface area (Å²) < 4.78 is 5.80. The van der Waals surface area contributed by atoms with E-state index in [-0.39, 0.29) is 5.57 Å². The van der Waals surface area contributed by atoms with Crippen molar-refractivity contribution in [3.63, 3.8) is 0 Å². The van der Waals surface area contributed by atoms with Crippen LogP contribution in [0.2, 0.25) is 5.02 Å². The quantitative estimate of drug-likeness (QED) is 0.419. The third-order valence-corrected chi connectivity index (χ3v) is 5.47. The van der Waals surface area contributed by atoms with E-state index >= 15 is 0 Å². The van der Waals surface area contributed by atoms with Crippen LogP contribution in [0.15, 0.2) is 72.3 Å². The number of barbiturate groups is 1. The fraction of sp³-hybridized carbons (Fsp3) is 0.115. The SMILES string of the molecule is Cc1ccc(COc2ccc(/C=C3\C(=O)NC(=O)N(c4cc(Cl)ccc4C)C3=O)cc2)cc1. The van der Waals surface area contributed by atoms with Crippen LogP contribution in [0, 0.1) is 13.8 Å². The number of hydrogen-bond acceptors (Lipinski definition) is 4. The van der Waals surface area contributed by atoms with Gasteiger partial charge in [0, 0.05) is 5.02 Å². The molecule has 0 radical (unpaired) electrons. The normalized spacial score (nSPS) is 15.1. The highest BCUT2D eigenvalue weighted by molar-refractivity contribution is 6.39. The van der Waals surface area contributed by atoms with Crippen molar-refractivity contribution in [3.05, 3.63) is 99.6 Å². The molecule has 0 unspecified atom stereocenters. The summed E-state index contributed by atoms with van der Waals surface area (Å²) in [6.07, 6.45) is 1.45. The number of aryl methyl sites for hydroxylation is 2. The van der Waals surface area contributed by atoms with Gasteiger partial charge in [-0.2, -0.15) is 0 Å². The smallest absolute Gasteiger partial charge is 0.335 e. The van der Waals surface area contributed by atoms with Gasteiger partial charge in [0.1, 0.15) is 17.9 Å². The Kier molecular flexibility index (Phi) is 6.29. The second-order valence-electron chi connectivity index (χ2n) is 7.73. The van der Waals surface area contributed by atoms with Crippen molar-refractivity contribution in [2.75, 3.05) is 4.90 Å². The number of nitrogens with zero attached hydrogens (tertiary/aromatic N) is 1. The Morgan fingerprint density at radius 2 is 1.64 bits per heavy atom. The molecular formula is C26H21ClN2O4. The van der Waals surface area contributed by atoms with E-state index in [1.54, 1.807) is 43.3 Å². The highest BCUT2D eigenvalue weighted by Crippen LogP contribution is 2.28. The molecule has 1 saturated heterocycles. The molecule has 166 valence electrons. The van der Waals surface area contributed by atoms with Crippen LogP contribution in [0.5, 0.6) is 5.75 Å². The number of rotatable bonds is 5. The molecule has 4 amide bonds. The zero-order valence-corrected chi connectivity index (χ0v) is 18.8. The van der Waals surface area contributed by atoms with Crippen molar-refractivity contribution in [2.24, 2.45) is 0 Å². The molecule has 0 saturated carbocycles. The highest BCUT2D eigenvalue weighted by Gasteiger charge is 2.37. The zero-order chi connectivity index (χ0) is 23.5. The molecule has 0 aliphatic carbocycles. The first-order valence-electron chi connectivity index (χ1n) is 10.3. The van der Waals surface area contributed by atoms with E-state index < -0.39 is 17.8 Å². The van der Waals surface area contributed by atoms with Crippen LogP contribution in [0.4, 0.5) is 10.5 Å². The third kappa shape index (κ3) is 4.96. The average Bonchev–Trinajstić information content (AvgIpc) is 2.79. The number of anilines is 1. The minimum Gasteiger partial charge on any atom is -0.489 e. The number of nitrogens with one attached hydrogen (secondary N) is 1. The molecule has 1 N–H and O–H groups in total. The largest absolute Gasteiger partial charge is 0.489 e. The van der Waals surface area contributed by atoms with Gasteiger partial charge in [0.15, 0.2) is 0 Å². The Labute approximate surface area is 196 Å². The lowest BCUT2D eigenvalue weighted by molar-refractivity contribution is -0.122. The van der Waals surface area contributed by atoms with Crippen LogP contribution < -0.4 is 15.0 Å². The summed E-state index contributed by atoms with van der Waals surface area (Å²) >= 11 is 6.05. The summed E-state index contributed by atoms with van der Waals surface area (Å²) in [4.78, 5) is 38.8. The lowest BCUT2D eigenvalue weighted by Crippen LogP contribution is -2.54. The topological polar surface area (TPSA) is 75.7 Å². The minimum atomic E-state index is -0.813. The standard InChI is InChI=1S/C26H21ClN2O4/c1-16-3-6-19(7-4-16)15-33-21-11-8-18(9-12-21)13-22-24(30)28-26(32)29(25(22)31)23-14-20(27)10-5-17(23)2/h3-14H,15H2,1-2H3,(H,28,30,32)/b22-13+. The van der Waals surface area contributed by atoms with E-state index in [1.165, 1.54) is 17.7 Å². The number of ether oxygens (including phenoxy) is 1. The first-order chi connectivity index (χ1) is 15.8. The molecule has 1 heterocycles. The van der Waals surface area contributed by atoms with Gasteiger partial charge >= 0.3 is 6.03 Å². The molecule has 0 bridgehead atoms. The van der Waals surface area contributed by atoms with Gasteiger partial charge in [0.25, 0.3) is 11.8 Å². The Bertz CT molecular complexity index is 1260. The molecule has 6 nitrogen and oxygen atoms in total. The summed E-state index contributed by atoms with van der Waals surface area (Å²) in [6.45, 7) is 4.21. The van der Waals surface area contributed by atoms with Gasteiger partial charge in [-0.1, -0.05) is 59.6 Å². The monoisotopic (exact) mass is 460 g/mol. The fourth-order valence-electron chi connectivity index (χ4n) is 3.38. The van der Waals surface area contributed by atoms with Gasteiger partial charge in [0.05, 0.1) is 5.69 Å². The van der Waals surface area contributed by atoms with E-state index in [4.69, 9.17) is 16.3 Å². The van der Waals surface area contributed by atoms with Gasteiger partial charge in [-0.05, 0) is 60.9 Å². The molecule has 1 fully saturated rings. The molecule has 1 aliphatic rings. The number of urea groups is 1. The second kappa shape index (κ2) is 9.30. The Morgan fingerprint density at radius 3 is 2.33 bits per heavy atom. The first-order valence-corrected chi connectivity index (χ1v) is 10.7. The summed E-state index contributed by atoms with van der Waals surface area (Å²) in [5.41, 5.74) is 3.70.